The van der Waals surface area contributed by atoms with Gasteiger partial charge in [-0.2, -0.15) is 0 Å². The lowest BCUT2D eigenvalue weighted by molar-refractivity contribution is -0.156. The summed E-state index contributed by atoms with van der Waals surface area (Å²) in [5.41, 5.74) is -0.941. The van der Waals surface area contributed by atoms with E-state index in [-0.39, 0.29) is 8.46 Å². The van der Waals surface area contributed by atoms with Gasteiger partial charge in [-0.05, 0) is 13.8 Å². The minimum atomic E-state index is -0.941. The van der Waals surface area contributed by atoms with E-state index in [1.807, 2.05) is 13.8 Å². The molecule has 60 valence electrons. The van der Waals surface area contributed by atoms with E-state index >= 15 is 0 Å². The van der Waals surface area contributed by atoms with Crippen molar-refractivity contribution in [1.29, 1.82) is 0 Å². The van der Waals surface area contributed by atoms with Crippen LogP contribution >= 0.6 is 8.46 Å². The summed E-state index contributed by atoms with van der Waals surface area (Å²) in [6.45, 7) is 6.33. The van der Waals surface area contributed by atoms with E-state index < -0.39 is 5.53 Å². The van der Waals surface area contributed by atoms with Crippen LogP contribution in [-0.2, 0) is 14.0 Å². The summed E-state index contributed by atoms with van der Waals surface area (Å²) in [5, 5.41) is 0. The monoisotopic (exact) mass is 164 g/mol. The minimum absolute atomic E-state index is 0.126. The third-order valence-electron chi connectivity index (χ3n) is 0.990. The fourth-order valence-electron chi connectivity index (χ4n) is 0.630. The van der Waals surface area contributed by atoms with Crippen molar-refractivity contribution in [2.24, 2.45) is 0 Å². The Bertz CT molecular complexity index is 99.2. The fraction of sp³-hybridized carbons (Fsp3) is 1.00. The number of ether oxygens (including phenoxy) is 2. The highest BCUT2D eigenvalue weighted by molar-refractivity contribution is 7.25. The van der Waals surface area contributed by atoms with E-state index in [0.717, 1.165) is 0 Å². The molecule has 0 rings (SSSR count). The molecular weight excluding hydrogens is 151 g/mol. The molecule has 10 heavy (non-hydrogen) atoms. The van der Waals surface area contributed by atoms with Crippen molar-refractivity contribution in [2.45, 2.75) is 26.3 Å². The maximum atomic E-state index is 10.5. The predicted molar refractivity (Wildman–Crippen MR) is 39.3 cm³/mol. The number of hydrogen-bond acceptors (Lipinski definition) is 3. The first-order valence-electron chi connectivity index (χ1n) is 3.31. The molecule has 0 aliphatic carbocycles. The normalized spacial score (nSPS) is 12.3. The Morgan fingerprint density at radius 2 is 1.70 bits per heavy atom. The Balaban J connectivity index is 3.81. The second-order valence-electron chi connectivity index (χ2n) is 1.86. The Labute approximate surface area is 62.9 Å². The van der Waals surface area contributed by atoms with Crippen LogP contribution in [0.15, 0.2) is 0 Å². The molecule has 0 saturated carbocycles. The standard InChI is InChI=1S/C6H13O3P/c1-4-8-6(3,10-7)9-5-2/h4-5H2,1-3H3. The molecule has 0 N–H and O–H groups in total. The maximum absolute atomic E-state index is 10.5. The van der Waals surface area contributed by atoms with E-state index in [4.69, 9.17) is 9.47 Å². The maximum Gasteiger partial charge on any atom is 0.248 e. The molecule has 3 nitrogen and oxygen atoms in total. The zero-order chi connectivity index (χ0) is 8.04. The lowest BCUT2D eigenvalue weighted by Crippen LogP contribution is -2.25. The molecule has 0 spiro atoms. The Morgan fingerprint density at radius 1 is 1.30 bits per heavy atom. The van der Waals surface area contributed by atoms with Crippen LogP contribution in [0, 0.1) is 0 Å². The zero-order valence-electron chi connectivity index (χ0n) is 6.59. The Kier molecular flexibility index (Phi) is 4.79. The van der Waals surface area contributed by atoms with Crippen molar-refractivity contribution in [1.82, 2.24) is 0 Å². The SMILES string of the molecule is CCOC(C)(OCC)P=O. The molecule has 0 aliphatic heterocycles. The van der Waals surface area contributed by atoms with Crippen LogP contribution in [0.25, 0.3) is 0 Å². The first-order valence-corrected chi connectivity index (χ1v) is 4.12. The minimum Gasteiger partial charge on any atom is -0.341 e. The van der Waals surface area contributed by atoms with Crippen LogP contribution in [-0.4, -0.2) is 18.7 Å². The van der Waals surface area contributed by atoms with Gasteiger partial charge in [-0.1, -0.05) is 0 Å². The highest BCUT2D eigenvalue weighted by atomic mass is 31.1. The largest absolute Gasteiger partial charge is 0.341 e. The molecule has 0 aliphatic rings. The van der Waals surface area contributed by atoms with Crippen LogP contribution in [0.5, 0.6) is 0 Å². The summed E-state index contributed by atoms with van der Waals surface area (Å²) >= 11 is 0. The molecule has 0 bridgehead atoms. The highest BCUT2D eigenvalue weighted by Crippen LogP contribution is 2.24. The van der Waals surface area contributed by atoms with Crippen LogP contribution in [0.3, 0.4) is 0 Å². The van der Waals surface area contributed by atoms with Gasteiger partial charge in [-0.15, -0.1) is 0 Å². The van der Waals surface area contributed by atoms with Gasteiger partial charge in [0.25, 0.3) is 0 Å². The first kappa shape index (κ1) is 10.0. The summed E-state index contributed by atoms with van der Waals surface area (Å²) < 4.78 is 20.6. The molecule has 4 heteroatoms. The van der Waals surface area contributed by atoms with Crippen molar-refractivity contribution in [3.05, 3.63) is 0 Å². The number of hydrogen-bond donors (Lipinski definition) is 0. The topological polar surface area (TPSA) is 35.5 Å². The smallest absolute Gasteiger partial charge is 0.248 e. The number of rotatable bonds is 5. The second kappa shape index (κ2) is 4.78. The van der Waals surface area contributed by atoms with E-state index in [1.54, 1.807) is 6.92 Å². The molecule has 0 amide bonds. The van der Waals surface area contributed by atoms with Crippen molar-refractivity contribution in [3.63, 3.8) is 0 Å². The lowest BCUT2D eigenvalue weighted by Gasteiger charge is -2.20. The quantitative estimate of drug-likeness (QED) is 0.460. The van der Waals surface area contributed by atoms with Gasteiger partial charge in [0, 0.05) is 20.1 Å². The molecule has 0 atom stereocenters. The molecule has 0 heterocycles. The molecule has 0 unspecified atom stereocenters. The van der Waals surface area contributed by atoms with E-state index in [9.17, 15) is 4.57 Å². The van der Waals surface area contributed by atoms with Gasteiger partial charge < -0.3 is 9.47 Å². The molecule has 0 aromatic rings. The molecule has 0 aromatic carbocycles. The Morgan fingerprint density at radius 3 is 1.90 bits per heavy atom. The van der Waals surface area contributed by atoms with Gasteiger partial charge in [0.15, 0.2) is 0 Å². The molecule has 0 aromatic heterocycles. The molecule has 0 fully saturated rings. The van der Waals surface area contributed by atoms with Crippen molar-refractivity contribution < 1.29 is 14.0 Å². The fourth-order valence-corrected chi connectivity index (χ4v) is 0.994. The van der Waals surface area contributed by atoms with Crippen molar-refractivity contribution >= 4 is 8.46 Å². The molecule has 0 radical (unpaired) electrons. The zero-order valence-corrected chi connectivity index (χ0v) is 7.48. The van der Waals surface area contributed by atoms with E-state index in [0.29, 0.717) is 13.2 Å². The van der Waals surface area contributed by atoms with Crippen molar-refractivity contribution in [2.75, 3.05) is 13.2 Å². The first-order chi connectivity index (χ1) is 4.68. The Hall–Kier alpha value is 0.0200. The summed E-state index contributed by atoms with van der Waals surface area (Å²) in [7, 11) is -0.126. The van der Waals surface area contributed by atoms with Crippen LogP contribution < -0.4 is 0 Å². The van der Waals surface area contributed by atoms with E-state index in [2.05, 4.69) is 0 Å². The van der Waals surface area contributed by atoms with Crippen LogP contribution in [0.4, 0.5) is 0 Å². The van der Waals surface area contributed by atoms with Crippen LogP contribution in [0.2, 0.25) is 0 Å². The van der Waals surface area contributed by atoms with Gasteiger partial charge >= 0.3 is 0 Å². The highest BCUT2D eigenvalue weighted by Gasteiger charge is 2.24. The van der Waals surface area contributed by atoms with Gasteiger partial charge in [-0.3, -0.25) is 4.57 Å². The molecular formula is C6H13O3P. The lowest BCUT2D eigenvalue weighted by atomic mass is 10.7. The summed E-state index contributed by atoms with van der Waals surface area (Å²) in [5.74, 6) is 0. The van der Waals surface area contributed by atoms with Crippen LogP contribution in [0.1, 0.15) is 20.8 Å². The van der Waals surface area contributed by atoms with Gasteiger partial charge in [-0.25, -0.2) is 0 Å². The van der Waals surface area contributed by atoms with Crippen molar-refractivity contribution in [3.8, 4) is 0 Å². The summed E-state index contributed by atoms with van der Waals surface area (Å²) in [4.78, 5) is 0. The summed E-state index contributed by atoms with van der Waals surface area (Å²) in [6.07, 6.45) is 0. The second-order valence-corrected chi connectivity index (χ2v) is 2.85. The molecule has 0 saturated heterocycles. The average Bonchev–Trinajstić information content (AvgIpc) is 1.89. The van der Waals surface area contributed by atoms with Gasteiger partial charge in [0.05, 0.1) is 0 Å². The van der Waals surface area contributed by atoms with Gasteiger partial charge in [0.2, 0.25) is 14.0 Å². The van der Waals surface area contributed by atoms with E-state index in [1.165, 1.54) is 0 Å². The average molecular weight is 164 g/mol. The predicted octanol–water partition coefficient (Wildman–Crippen LogP) is 2.02. The van der Waals surface area contributed by atoms with Gasteiger partial charge in [0.1, 0.15) is 0 Å². The third-order valence-corrected chi connectivity index (χ3v) is 1.58. The third kappa shape index (κ3) is 3.25. The summed E-state index contributed by atoms with van der Waals surface area (Å²) in [6, 6.07) is 0.